The van der Waals surface area contributed by atoms with E-state index in [1.165, 1.54) is 19.2 Å². The first-order valence-electron chi connectivity index (χ1n) is 10.2. The third-order valence-electron chi connectivity index (χ3n) is 5.96. The Morgan fingerprint density at radius 3 is 2.63 bits per heavy atom. The molecule has 30 heavy (non-hydrogen) atoms. The number of likely N-dealkylation sites (tertiary alicyclic amines) is 1. The zero-order valence-electron chi connectivity index (χ0n) is 17.0. The fourth-order valence-corrected chi connectivity index (χ4v) is 4.55. The Morgan fingerprint density at radius 1 is 1.17 bits per heavy atom. The van der Waals surface area contributed by atoms with Gasteiger partial charge in [0.05, 0.1) is 7.11 Å². The van der Waals surface area contributed by atoms with Gasteiger partial charge >= 0.3 is 0 Å². The summed E-state index contributed by atoms with van der Waals surface area (Å²) in [7, 11) is 1.48. The molecule has 2 aromatic rings. The third-order valence-corrected chi connectivity index (χ3v) is 6.31. The van der Waals surface area contributed by atoms with Crippen LogP contribution in [-0.2, 0) is 19.5 Å². The van der Waals surface area contributed by atoms with E-state index in [0.717, 1.165) is 25.9 Å². The number of nitrogens with zero attached hydrogens (tertiary/aromatic N) is 3. The number of hydrogen-bond donors (Lipinski definition) is 0. The molecule has 1 amide bonds. The molecular formula is C22H25ClFN3O3. The van der Waals surface area contributed by atoms with E-state index in [2.05, 4.69) is 4.90 Å². The number of amides is 1. The van der Waals surface area contributed by atoms with Crippen molar-refractivity contribution in [3.8, 4) is 5.75 Å². The highest BCUT2D eigenvalue weighted by molar-refractivity contribution is 6.31. The van der Waals surface area contributed by atoms with Crippen molar-refractivity contribution in [3.63, 3.8) is 0 Å². The fourth-order valence-electron chi connectivity index (χ4n) is 4.33. The lowest BCUT2D eigenvalue weighted by Gasteiger charge is -2.21. The molecule has 4 rings (SSSR count). The van der Waals surface area contributed by atoms with Gasteiger partial charge in [-0.25, -0.2) is 4.39 Å². The van der Waals surface area contributed by atoms with Gasteiger partial charge in [0, 0.05) is 68.0 Å². The molecule has 160 valence electrons. The number of rotatable bonds is 4. The highest BCUT2D eigenvalue weighted by Gasteiger charge is 2.29. The number of fused-ring (bicyclic) bond motifs is 1. The molecule has 1 aromatic carbocycles. The maximum atomic E-state index is 14.2. The smallest absolute Gasteiger partial charge is 0.259 e. The van der Waals surface area contributed by atoms with Gasteiger partial charge in [-0.05, 0) is 25.0 Å². The van der Waals surface area contributed by atoms with Crippen LogP contribution in [-0.4, -0.2) is 53.6 Å². The van der Waals surface area contributed by atoms with Gasteiger partial charge in [-0.2, -0.15) is 0 Å². The molecule has 0 bridgehead atoms. The summed E-state index contributed by atoms with van der Waals surface area (Å²) in [5.74, 6) is -0.0968. The van der Waals surface area contributed by atoms with Crippen molar-refractivity contribution < 1.29 is 13.9 Å². The minimum atomic E-state index is -0.340. The predicted octanol–water partition coefficient (Wildman–Crippen LogP) is 2.94. The van der Waals surface area contributed by atoms with E-state index >= 15 is 0 Å². The Hall–Kier alpha value is -2.38. The Kier molecular flexibility index (Phi) is 6.11. The number of ether oxygens (including phenoxy) is 1. The second-order valence-electron chi connectivity index (χ2n) is 7.75. The van der Waals surface area contributed by atoms with Gasteiger partial charge in [0.2, 0.25) is 0 Å². The van der Waals surface area contributed by atoms with Crippen LogP contribution >= 0.6 is 11.6 Å². The Balaban J connectivity index is 1.65. The summed E-state index contributed by atoms with van der Waals surface area (Å²) in [5, 5.41) is 0.389. The number of hydrogen-bond acceptors (Lipinski definition) is 4. The van der Waals surface area contributed by atoms with Gasteiger partial charge in [-0.3, -0.25) is 14.5 Å². The fraction of sp³-hybridized carbons (Fsp3) is 0.455. The van der Waals surface area contributed by atoms with E-state index in [0.29, 0.717) is 60.2 Å². The first-order chi connectivity index (χ1) is 14.5. The van der Waals surface area contributed by atoms with Crippen molar-refractivity contribution in [2.45, 2.75) is 32.4 Å². The van der Waals surface area contributed by atoms with E-state index in [-0.39, 0.29) is 17.3 Å². The number of pyridine rings is 1. The zero-order valence-corrected chi connectivity index (χ0v) is 17.8. The number of halogens is 2. The quantitative estimate of drug-likeness (QED) is 0.744. The first kappa shape index (κ1) is 20.9. The first-order valence-corrected chi connectivity index (χ1v) is 10.6. The Bertz CT molecular complexity index is 997. The van der Waals surface area contributed by atoms with E-state index in [9.17, 15) is 14.0 Å². The predicted molar refractivity (Wildman–Crippen MR) is 113 cm³/mol. The van der Waals surface area contributed by atoms with Crippen molar-refractivity contribution in [1.29, 1.82) is 0 Å². The van der Waals surface area contributed by atoms with Gasteiger partial charge in [-0.15, -0.1) is 0 Å². The van der Waals surface area contributed by atoms with Gasteiger partial charge in [0.1, 0.15) is 17.1 Å². The summed E-state index contributed by atoms with van der Waals surface area (Å²) < 4.78 is 21.3. The van der Waals surface area contributed by atoms with E-state index < -0.39 is 0 Å². The molecule has 2 aliphatic heterocycles. The van der Waals surface area contributed by atoms with Crippen LogP contribution in [0.1, 0.15) is 34.5 Å². The lowest BCUT2D eigenvalue weighted by Crippen LogP contribution is -2.33. The van der Waals surface area contributed by atoms with Gasteiger partial charge in [0.15, 0.2) is 0 Å². The monoisotopic (exact) mass is 433 g/mol. The normalized spacial score (nSPS) is 17.0. The number of benzene rings is 1. The molecule has 1 saturated heterocycles. The number of carbonyl (C=O) groups excluding carboxylic acids is 1. The molecule has 1 fully saturated rings. The molecule has 0 aliphatic carbocycles. The third kappa shape index (κ3) is 3.96. The largest absolute Gasteiger partial charge is 0.496 e. The van der Waals surface area contributed by atoms with E-state index in [1.54, 1.807) is 16.7 Å². The van der Waals surface area contributed by atoms with Crippen molar-refractivity contribution in [1.82, 2.24) is 14.4 Å². The summed E-state index contributed by atoms with van der Waals surface area (Å²) in [6, 6.07) is 6.06. The van der Waals surface area contributed by atoms with Crippen LogP contribution in [0.15, 0.2) is 29.1 Å². The molecular weight excluding hydrogens is 409 g/mol. The summed E-state index contributed by atoms with van der Waals surface area (Å²) in [6.45, 7) is 3.35. The van der Waals surface area contributed by atoms with Gasteiger partial charge < -0.3 is 14.2 Å². The van der Waals surface area contributed by atoms with Crippen molar-refractivity contribution in [2.24, 2.45) is 0 Å². The molecule has 0 spiro atoms. The maximum Gasteiger partial charge on any atom is 0.259 e. The highest BCUT2D eigenvalue weighted by atomic mass is 35.5. The number of methoxy groups -OCH3 is 1. The lowest BCUT2D eigenvalue weighted by molar-refractivity contribution is 0.0787. The standard InChI is InChI=1S/C22H25ClFN3O3/c1-30-19-13-20(28)27-12-11-25(14-15-16(23)5-4-6-17(15)24)10-7-18(27)21(19)22(29)26-8-2-3-9-26/h4-6,13H,2-3,7-12,14H2,1H3. The summed E-state index contributed by atoms with van der Waals surface area (Å²) >= 11 is 6.19. The molecule has 6 nitrogen and oxygen atoms in total. The SMILES string of the molecule is COc1cc(=O)n2c(c1C(=O)N1CCCC1)CCN(Cc1c(F)cccc1Cl)CC2. The molecule has 0 saturated carbocycles. The van der Waals surface area contributed by atoms with Gasteiger partial charge in [0.25, 0.3) is 11.5 Å². The molecule has 0 atom stereocenters. The number of aromatic nitrogens is 1. The van der Waals surface area contributed by atoms with Crippen LogP contribution in [0, 0.1) is 5.82 Å². The second-order valence-corrected chi connectivity index (χ2v) is 8.16. The molecule has 8 heteroatoms. The minimum absolute atomic E-state index is 0.0845. The van der Waals surface area contributed by atoms with Crippen LogP contribution < -0.4 is 10.3 Å². The molecule has 1 aromatic heterocycles. The van der Waals surface area contributed by atoms with Crippen LogP contribution in [0.5, 0.6) is 5.75 Å². The van der Waals surface area contributed by atoms with Crippen LogP contribution in [0.2, 0.25) is 5.02 Å². The minimum Gasteiger partial charge on any atom is -0.496 e. The highest BCUT2D eigenvalue weighted by Crippen LogP contribution is 2.27. The maximum absolute atomic E-state index is 14.2. The Labute approximate surface area is 179 Å². The average molecular weight is 434 g/mol. The Morgan fingerprint density at radius 2 is 1.93 bits per heavy atom. The average Bonchev–Trinajstić information content (AvgIpc) is 3.19. The van der Waals surface area contributed by atoms with E-state index in [1.807, 2.05) is 4.90 Å². The second kappa shape index (κ2) is 8.78. The summed E-state index contributed by atoms with van der Waals surface area (Å²) in [6.07, 6.45) is 2.47. The van der Waals surface area contributed by atoms with Gasteiger partial charge in [-0.1, -0.05) is 17.7 Å². The van der Waals surface area contributed by atoms with Crippen molar-refractivity contribution in [3.05, 3.63) is 62.3 Å². The van der Waals surface area contributed by atoms with Crippen LogP contribution in [0.4, 0.5) is 4.39 Å². The van der Waals surface area contributed by atoms with Crippen LogP contribution in [0.3, 0.4) is 0 Å². The topological polar surface area (TPSA) is 54.8 Å². The summed E-state index contributed by atoms with van der Waals surface area (Å²) in [4.78, 5) is 29.8. The lowest BCUT2D eigenvalue weighted by atomic mass is 10.1. The van der Waals surface area contributed by atoms with E-state index in [4.69, 9.17) is 16.3 Å². The van der Waals surface area contributed by atoms with Crippen LogP contribution in [0.25, 0.3) is 0 Å². The molecule has 0 radical (unpaired) electrons. The number of carbonyl (C=O) groups is 1. The summed E-state index contributed by atoms with van der Waals surface area (Å²) in [5.41, 5.74) is 1.43. The van der Waals surface area contributed by atoms with Crippen molar-refractivity contribution >= 4 is 17.5 Å². The zero-order chi connectivity index (χ0) is 21.3. The molecule has 3 heterocycles. The van der Waals surface area contributed by atoms with Crippen molar-refractivity contribution in [2.75, 3.05) is 33.3 Å². The molecule has 2 aliphatic rings. The molecule has 0 N–H and O–H groups in total. The molecule has 0 unspecified atom stereocenters.